The summed E-state index contributed by atoms with van der Waals surface area (Å²) >= 11 is 5.99. The lowest BCUT2D eigenvalue weighted by atomic mass is 9.86. The number of rotatable bonds is 5. The number of carbonyl (C=O) groups is 2. The Morgan fingerprint density at radius 2 is 1.76 bits per heavy atom. The van der Waals surface area contributed by atoms with E-state index in [-0.39, 0.29) is 24.0 Å². The number of halogens is 1. The molecule has 0 spiro atoms. The van der Waals surface area contributed by atoms with Gasteiger partial charge in [0, 0.05) is 46.7 Å². The number of piperazine rings is 1. The van der Waals surface area contributed by atoms with Crippen molar-refractivity contribution in [1.82, 2.24) is 14.8 Å². The molecule has 3 N–H and O–H groups in total. The minimum Gasteiger partial charge on any atom is -0.595 e. The number of nitrogens with one attached hydrogen (secondary N) is 2. The van der Waals surface area contributed by atoms with E-state index in [1.54, 1.807) is 21.9 Å². The summed E-state index contributed by atoms with van der Waals surface area (Å²) in [5.41, 5.74) is 4.81. The Hall–Kier alpha value is -3.69. The van der Waals surface area contributed by atoms with Crippen molar-refractivity contribution in [2.75, 3.05) is 13.1 Å². The molecule has 2 unspecified atom stereocenters. The van der Waals surface area contributed by atoms with E-state index in [2.05, 4.69) is 4.98 Å². The smallest absolute Gasteiger partial charge is 0.246 e. The molecule has 3 heterocycles. The van der Waals surface area contributed by atoms with E-state index in [0.717, 1.165) is 33.3 Å². The number of carbonyl (C=O) groups excluding carboxylic acids is 2. The van der Waals surface area contributed by atoms with Gasteiger partial charge in [-0.1, -0.05) is 54.1 Å². The Morgan fingerprint density at radius 3 is 2.49 bits per heavy atom. The zero-order chi connectivity index (χ0) is 25.7. The number of fused-ring (bicyclic) bond motifs is 4. The summed E-state index contributed by atoms with van der Waals surface area (Å²) in [4.78, 5) is 34.3. The first-order valence-corrected chi connectivity index (χ1v) is 12.6. The van der Waals surface area contributed by atoms with Gasteiger partial charge in [-0.2, -0.15) is 5.23 Å². The van der Waals surface area contributed by atoms with Crippen molar-refractivity contribution < 1.29 is 20.0 Å². The number of quaternary nitrogens is 1. The van der Waals surface area contributed by atoms with Crippen molar-refractivity contribution in [3.05, 3.63) is 105 Å². The lowest BCUT2D eigenvalue weighted by Crippen LogP contribution is -2.99. The Morgan fingerprint density at radius 1 is 1.03 bits per heavy atom. The van der Waals surface area contributed by atoms with E-state index in [4.69, 9.17) is 11.6 Å². The third kappa shape index (κ3) is 4.18. The first kappa shape index (κ1) is 23.7. The summed E-state index contributed by atoms with van der Waals surface area (Å²) in [6, 6.07) is 20.8. The minimum atomic E-state index is -1.01. The molecule has 1 fully saturated rings. The van der Waals surface area contributed by atoms with E-state index in [0.29, 0.717) is 24.4 Å². The SMILES string of the molecule is O=C1[C@@H]2Cc3c([nH]c4ccccc34)C(c3ccc([NH+]([O-])O)cc3)N2C(=O)CN1CCc1ccc(Cl)cc1. The summed E-state index contributed by atoms with van der Waals surface area (Å²) in [5, 5.41) is 21.4. The maximum Gasteiger partial charge on any atom is 0.246 e. The number of hydrogen-bond acceptors (Lipinski definition) is 4. The van der Waals surface area contributed by atoms with Gasteiger partial charge in [0.1, 0.15) is 6.04 Å². The van der Waals surface area contributed by atoms with Crippen molar-refractivity contribution in [2.45, 2.75) is 24.9 Å². The van der Waals surface area contributed by atoms with Gasteiger partial charge in [-0.25, -0.2) is 5.21 Å². The van der Waals surface area contributed by atoms with Gasteiger partial charge in [0.2, 0.25) is 11.8 Å². The Bertz CT molecular complexity index is 1480. The van der Waals surface area contributed by atoms with Crippen LogP contribution >= 0.6 is 11.6 Å². The van der Waals surface area contributed by atoms with Crippen LogP contribution in [0.2, 0.25) is 5.02 Å². The molecule has 6 rings (SSSR count). The molecule has 1 aromatic heterocycles. The van der Waals surface area contributed by atoms with Crippen LogP contribution in [0.3, 0.4) is 0 Å². The van der Waals surface area contributed by atoms with Gasteiger partial charge in [0.25, 0.3) is 0 Å². The summed E-state index contributed by atoms with van der Waals surface area (Å²) in [6.45, 7) is 0.442. The highest BCUT2D eigenvalue weighted by atomic mass is 35.5. The first-order valence-electron chi connectivity index (χ1n) is 12.2. The van der Waals surface area contributed by atoms with Crippen LogP contribution in [-0.2, 0) is 22.4 Å². The summed E-state index contributed by atoms with van der Waals surface area (Å²) < 4.78 is 0. The highest BCUT2D eigenvalue weighted by Gasteiger charge is 2.48. The van der Waals surface area contributed by atoms with Crippen LogP contribution < -0.4 is 5.23 Å². The molecule has 0 bridgehead atoms. The normalized spacial score (nSPS) is 20.2. The Labute approximate surface area is 218 Å². The van der Waals surface area contributed by atoms with Gasteiger partial charge < -0.3 is 20.0 Å². The first-order chi connectivity index (χ1) is 17.9. The third-order valence-corrected chi connectivity index (χ3v) is 7.65. The van der Waals surface area contributed by atoms with E-state index in [1.165, 1.54) is 12.1 Å². The van der Waals surface area contributed by atoms with Crippen molar-refractivity contribution in [2.24, 2.45) is 0 Å². The molecule has 8 nitrogen and oxygen atoms in total. The molecule has 2 aliphatic rings. The third-order valence-electron chi connectivity index (χ3n) is 7.40. The minimum absolute atomic E-state index is 0.00218. The van der Waals surface area contributed by atoms with Crippen molar-refractivity contribution in [1.29, 1.82) is 0 Å². The number of benzene rings is 3. The number of aromatic amines is 1. The molecule has 9 heteroatoms. The molecular formula is C28H25ClN4O4. The molecule has 188 valence electrons. The summed E-state index contributed by atoms with van der Waals surface area (Å²) in [6.07, 6.45) is 1.05. The predicted molar refractivity (Wildman–Crippen MR) is 138 cm³/mol. The van der Waals surface area contributed by atoms with Gasteiger partial charge in [0.15, 0.2) is 5.69 Å². The maximum absolute atomic E-state index is 13.8. The van der Waals surface area contributed by atoms with Crippen LogP contribution in [0, 0.1) is 5.21 Å². The lowest BCUT2D eigenvalue weighted by Gasteiger charge is -2.47. The number of hydrogen-bond donors (Lipinski definition) is 3. The Kier molecular flexibility index (Phi) is 5.97. The fraction of sp³-hybridized carbons (Fsp3) is 0.214. The van der Waals surface area contributed by atoms with E-state index >= 15 is 0 Å². The van der Waals surface area contributed by atoms with Crippen molar-refractivity contribution in [3.63, 3.8) is 0 Å². The van der Waals surface area contributed by atoms with Gasteiger partial charge in [-0.05, 0) is 41.3 Å². The predicted octanol–water partition coefficient (Wildman–Crippen LogP) is 3.15. The van der Waals surface area contributed by atoms with Crippen molar-refractivity contribution in [3.8, 4) is 0 Å². The number of para-hydroxylation sites is 1. The van der Waals surface area contributed by atoms with E-state index in [9.17, 15) is 20.0 Å². The second-order valence-electron chi connectivity index (χ2n) is 9.55. The van der Waals surface area contributed by atoms with Crippen molar-refractivity contribution >= 4 is 40.0 Å². The molecule has 2 aliphatic heterocycles. The maximum atomic E-state index is 13.8. The highest BCUT2D eigenvalue weighted by Crippen LogP contribution is 2.42. The molecule has 4 aromatic rings. The zero-order valence-corrected chi connectivity index (χ0v) is 20.6. The molecule has 3 aromatic carbocycles. The summed E-state index contributed by atoms with van der Waals surface area (Å²) in [5.74, 6) is -0.200. The number of nitrogens with zero attached hydrogens (tertiary/aromatic N) is 2. The van der Waals surface area contributed by atoms with Crippen LogP contribution in [0.5, 0.6) is 0 Å². The fourth-order valence-electron chi connectivity index (χ4n) is 5.58. The number of aromatic nitrogens is 1. The molecule has 37 heavy (non-hydrogen) atoms. The van der Waals surface area contributed by atoms with Crippen LogP contribution in [0.25, 0.3) is 10.9 Å². The van der Waals surface area contributed by atoms with E-state index in [1.807, 2.05) is 48.5 Å². The van der Waals surface area contributed by atoms with Gasteiger partial charge in [0.05, 0.1) is 12.6 Å². The largest absolute Gasteiger partial charge is 0.595 e. The summed E-state index contributed by atoms with van der Waals surface area (Å²) in [7, 11) is 0. The zero-order valence-electron chi connectivity index (χ0n) is 19.9. The Balaban J connectivity index is 1.37. The average Bonchev–Trinajstić information content (AvgIpc) is 3.28. The van der Waals surface area contributed by atoms with Crippen LogP contribution in [-0.4, -0.2) is 50.9 Å². The van der Waals surface area contributed by atoms with Gasteiger partial charge >= 0.3 is 0 Å². The standard InChI is InChI=1S/C28H25ClN4O4/c29-19-9-5-17(6-10-19)13-14-31-16-25(34)32-24(28(31)35)15-22-21-3-1-2-4-23(21)30-26(22)27(32)18-7-11-20(12-8-18)33(36)37/h1-12,24,27,30,33,36H,13-16H2/t24-,27?/m0/s1. The second kappa shape index (κ2) is 9.32. The van der Waals surface area contributed by atoms with Crippen LogP contribution in [0.4, 0.5) is 5.69 Å². The average molecular weight is 517 g/mol. The fourth-order valence-corrected chi connectivity index (χ4v) is 5.71. The van der Waals surface area contributed by atoms with Gasteiger partial charge in [-0.15, -0.1) is 0 Å². The second-order valence-corrected chi connectivity index (χ2v) is 9.99. The van der Waals surface area contributed by atoms with Crippen LogP contribution in [0.15, 0.2) is 72.8 Å². The van der Waals surface area contributed by atoms with Gasteiger partial charge in [-0.3, -0.25) is 9.59 Å². The topological polar surface area (TPSA) is 104 Å². The molecular weight excluding hydrogens is 492 g/mol. The molecule has 3 atom stereocenters. The highest BCUT2D eigenvalue weighted by molar-refractivity contribution is 6.30. The van der Waals surface area contributed by atoms with Crippen LogP contribution in [0.1, 0.15) is 28.4 Å². The monoisotopic (exact) mass is 516 g/mol. The molecule has 0 radical (unpaired) electrons. The molecule has 0 saturated carbocycles. The molecule has 0 aliphatic carbocycles. The lowest BCUT2D eigenvalue weighted by molar-refractivity contribution is -0.991. The van der Waals surface area contributed by atoms with E-state index < -0.39 is 17.3 Å². The number of H-pyrrole nitrogens is 1. The molecule has 1 saturated heterocycles. The quantitative estimate of drug-likeness (QED) is 0.354. The molecule has 2 amide bonds. The number of amides is 2.